The van der Waals surface area contributed by atoms with E-state index in [2.05, 4.69) is 20.3 Å². The summed E-state index contributed by atoms with van der Waals surface area (Å²) in [6, 6.07) is 3.42. The van der Waals surface area contributed by atoms with Gasteiger partial charge in [0.1, 0.15) is 11.1 Å². The monoisotopic (exact) mass is 498 g/mol. The fourth-order valence-electron chi connectivity index (χ4n) is 4.00. The molecule has 0 radical (unpaired) electrons. The van der Waals surface area contributed by atoms with Crippen LogP contribution in [0.1, 0.15) is 17.8 Å². The third kappa shape index (κ3) is 4.87. The number of aromatic amines is 1. The number of aliphatic hydroxyl groups excluding tert-OH is 1. The van der Waals surface area contributed by atoms with Crippen LogP contribution in [0.2, 0.25) is 5.02 Å². The number of H-pyrrole nitrogens is 1. The summed E-state index contributed by atoms with van der Waals surface area (Å²) < 4.78 is 45.5. The van der Waals surface area contributed by atoms with Gasteiger partial charge in [-0.1, -0.05) is 11.6 Å². The predicted molar refractivity (Wildman–Crippen MR) is 118 cm³/mol. The molecular formula is C21H22ClF3N6O3. The number of hydrogen-bond acceptors (Lipinski definition) is 7. The first-order chi connectivity index (χ1) is 16.0. The van der Waals surface area contributed by atoms with Crippen LogP contribution in [0.5, 0.6) is 5.88 Å². The Morgan fingerprint density at radius 2 is 2.15 bits per heavy atom. The van der Waals surface area contributed by atoms with E-state index in [1.54, 1.807) is 32.2 Å². The number of aliphatic hydroxyl groups is 1. The maximum Gasteiger partial charge on any atom is 0.416 e. The number of aryl methyl sites for hydroxylation is 1. The van der Waals surface area contributed by atoms with E-state index in [1.807, 2.05) is 4.90 Å². The van der Waals surface area contributed by atoms with Crippen molar-refractivity contribution in [1.82, 2.24) is 25.0 Å². The molecule has 0 saturated carbocycles. The van der Waals surface area contributed by atoms with Crippen LogP contribution in [0.25, 0.3) is 11.1 Å². The molecule has 1 unspecified atom stereocenters. The number of nitrogens with one attached hydrogen (secondary N) is 1. The molecule has 0 amide bonds. The Morgan fingerprint density at radius 3 is 2.88 bits per heavy atom. The highest BCUT2D eigenvalue weighted by Gasteiger charge is 2.39. The second-order valence-electron chi connectivity index (χ2n) is 8.04. The van der Waals surface area contributed by atoms with Crippen molar-refractivity contribution >= 4 is 17.3 Å². The lowest BCUT2D eigenvalue weighted by molar-refractivity contribution is -0.208. The number of nitrogens with zero attached hydrogens (tertiary/aromatic N) is 5. The van der Waals surface area contributed by atoms with Gasteiger partial charge >= 0.3 is 6.18 Å². The zero-order valence-electron chi connectivity index (χ0n) is 18.3. The molecule has 3 aromatic heterocycles. The van der Waals surface area contributed by atoms with E-state index < -0.39 is 24.4 Å². The van der Waals surface area contributed by atoms with Gasteiger partial charge in [0.25, 0.3) is 5.56 Å². The fourth-order valence-corrected chi connectivity index (χ4v) is 4.21. The number of pyridine rings is 1. The number of alkyl halides is 3. The summed E-state index contributed by atoms with van der Waals surface area (Å²) >= 11 is 6.09. The van der Waals surface area contributed by atoms with E-state index in [1.165, 1.54) is 6.20 Å². The van der Waals surface area contributed by atoms with Crippen LogP contribution in [-0.2, 0) is 6.54 Å². The van der Waals surface area contributed by atoms with Crippen LogP contribution in [0.3, 0.4) is 0 Å². The number of halogens is 4. The van der Waals surface area contributed by atoms with Gasteiger partial charge in [0.05, 0.1) is 30.7 Å². The summed E-state index contributed by atoms with van der Waals surface area (Å²) in [5, 5.41) is 19.7. The molecule has 0 spiro atoms. The molecule has 0 aliphatic carbocycles. The predicted octanol–water partition coefficient (Wildman–Crippen LogP) is 2.88. The summed E-state index contributed by atoms with van der Waals surface area (Å²) in [5.74, 6) is 0.348. The van der Waals surface area contributed by atoms with Crippen molar-refractivity contribution in [1.29, 1.82) is 0 Å². The van der Waals surface area contributed by atoms with E-state index in [0.717, 1.165) is 4.68 Å². The maximum atomic E-state index is 12.8. The van der Waals surface area contributed by atoms with E-state index in [0.29, 0.717) is 53.6 Å². The van der Waals surface area contributed by atoms with Crippen molar-refractivity contribution in [3.8, 4) is 17.0 Å². The molecule has 2 atom stereocenters. The molecule has 1 saturated heterocycles. The molecule has 1 aliphatic rings. The molecule has 2 N–H and O–H groups in total. The van der Waals surface area contributed by atoms with Gasteiger partial charge in [-0.25, -0.2) is 10.1 Å². The van der Waals surface area contributed by atoms with Crippen molar-refractivity contribution in [3.63, 3.8) is 0 Å². The van der Waals surface area contributed by atoms with Gasteiger partial charge in [0.2, 0.25) is 5.88 Å². The molecule has 13 heteroatoms. The fraction of sp³-hybridized carbons (Fsp3) is 0.429. The highest BCUT2D eigenvalue weighted by atomic mass is 35.5. The number of hydrogen-bond donors (Lipinski definition) is 2. The van der Waals surface area contributed by atoms with Crippen molar-refractivity contribution in [2.75, 3.05) is 18.0 Å². The highest BCUT2D eigenvalue weighted by Crippen LogP contribution is 2.31. The zero-order valence-corrected chi connectivity index (χ0v) is 19.1. The molecule has 182 valence electrons. The van der Waals surface area contributed by atoms with Crippen LogP contribution in [0.4, 0.5) is 18.9 Å². The SMILES string of the molecule is Cc1nn(CC(O)C(F)(F)F)c(C)c1-c1ccnc(O[C@@H]2CCN(c3cn[nH]c(=O)c3Cl)C2)c1. The van der Waals surface area contributed by atoms with E-state index in [9.17, 15) is 23.1 Å². The molecule has 3 aromatic rings. The van der Waals surface area contributed by atoms with E-state index >= 15 is 0 Å². The maximum absolute atomic E-state index is 12.8. The summed E-state index contributed by atoms with van der Waals surface area (Å²) in [4.78, 5) is 17.9. The lowest BCUT2D eigenvalue weighted by atomic mass is 10.1. The highest BCUT2D eigenvalue weighted by molar-refractivity contribution is 6.33. The van der Waals surface area contributed by atoms with Crippen molar-refractivity contribution in [2.24, 2.45) is 0 Å². The topological polar surface area (TPSA) is 109 Å². The van der Waals surface area contributed by atoms with Crippen LogP contribution >= 0.6 is 11.6 Å². The second kappa shape index (κ2) is 9.26. The normalized spacial score (nSPS) is 17.3. The standard InChI is InChI=1S/C21H22ClF3N6O3/c1-11-18(12(2)31(29-11)10-16(32)21(23,24)25)13-3-5-26-17(7-13)34-14-4-6-30(9-14)15-8-27-28-20(33)19(15)22/h3,5,7-8,14,16,32H,4,6,9-10H2,1-2H3,(H,28,33)/t14-,16?/m1/s1. The lowest BCUT2D eigenvalue weighted by Gasteiger charge is -2.19. The average molecular weight is 499 g/mol. The molecule has 4 rings (SSSR count). The van der Waals surface area contributed by atoms with Gasteiger partial charge in [-0.15, -0.1) is 0 Å². The Balaban J connectivity index is 1.50. The van der Waals surface area contributed by atoms with E-state index in [4.69, 9.17) is 16.3 Å². The Labute approximate surface area is 197 Å². The Hall–Kier alpha value is -3.12. The third-order valence-corrected chi connectivity index (χ3v) is 6.04. The average Bonchev–Trinajstić information content (AvgIpc) is 3.33. The van der Waals surface area contributed by atoms with Crippen LogP contribution in [0, 0.1) is 13.8 Å². The zero-order chi connectivity index (χ0) is 24.6. The van der Waals surface area contributed by atoms with Crippen molar-refractivity contribution in [2.45, 2.75) is 45.2 Å². The Morgan fingerprint density at radius 1 is 1.38 bits per heavy atom. The van der Waals surface area contributed by atoms with Crippen LogP contribution < -0.4 is 15.2 Å². The van der Waals surface area contributed by atoms with Gasteiger partial charge in [-0.2, -0.15) is 23.4 Å². The van der Waals surface area contributed by atoms with Crippen LogP contribution in [0.15, 0.2) is 29.3 Å². The summed E-state index contributed by atoms with van der Waals surface area (Å²) in [6.07, 6.45) is -3.75. The lowest BCUT2D eigenvalue weighted by Crippen LogP contribution is -2.33. The van der Waals surface area contributed by atoms with Gasteiger partial charge in [-0.05, 0) is 25.5 Å². The minimum atomic E-state index is -4.73. The summed E-state index contributed by atoms with van der Waals surface area (Å²) in [5.41, 5.74) is 2.40. The van der Waals surface area contributed by atoms with Gasteiger partial charge < -0.3 is 14.7 Å². The molecule has 34 heavy (non-hydrogen) atoms. The first kappa shape index (κ1) is 24.0. The minimum absolute atomic E-state index is 0.0642. The van der Waals surface area contributed by atoms with Gasteiger partial charge in [-0.3, -0.25) is 9.48 Å². The first-order valence-corrected chi connectivity index (χ1v) is 10.8. The largest absolute Gasteiger partial charge is 0.472 e. The molecular weight excluding hydrogens is 477 g/mol. The number of ether oxygens (including phenoxy) is 1. The molecule has 0 aromatic carbocycles. The summed E-state index contributed by atoms with van der Waals surface area (Å²) in [7, 11) is 0. The Bertz CT molecular complexity index is 1250. The minimum Gasteiger partial charge on any atom is -0.472 e. The van der Waals surface area contributed by atoms with Crippen molar-refractivity contribution < 1.29 is 23.0 Å². The molecule has 1 aliphatic heterocycles. The molecule has 4 heterocycles. The molecule has 0 bridgehead atoms. The van der Waals surface area contributed by atoms with E-state index in [-0.39, 0.29) is 11.1 Å². The van der Waals surface area contributed by atoms with Gasteiger partial charge in [0.15, 0.2) is 6.10 Å². The summed E-state index contributed by atoms with van der Waals surface area (Å²) in [6.45, 7) is 3.73. The Kier molecular flexibility index (Phi) is 6.54. The van der Waals surface area contributed by atoms with Crippen molar-refractivity contribution in [3.05, 3.63) is 51.3 Å². The molecule has 1 fully saturated rings. The third-order valence-electron chi connectivity index (χ3n) is 5.68. The number of anilines is 1. The second-order valence-corrected chi connectivity index (χ2v) is 8.42. The molecule has 9 nitrogen and oxygen atoms in total. The van der Waals surface area contributed by atoms with Gasteiger partial charge in [0, 0.05) is 36.5 Å². The quantitative estimate of drug-likeness (QED) is 0.538. The first-order valence-electron chi connectivity index (χ1n) is 10.4. The number of aromatic nitrogens is 5. The number of rotatable bonds is 6. The van der Waals surface area contributed by atoms with Crippen LogP contribution in [-0.4, -0.2) is 61.5 Å². The smallest absolute Gasteiger partial charge is 0.416 e.